The van der Waals surface area contributed by atoms with Crippen molar-refractivity contribution in [2.24, 2.45) is 11.8 Å². The zero-order valence-electron chi connectivity index (χ0n) is 11.7. The molecule has 1 aliphatic rings. The first-order chi connectivity index (χ1) is 8.69. The van der Waals surface area contributed by atoms with E-state index >= 15 is 0 Å². The first-order valence-electron chi connectivity index (χ1n) is 7.00. The molecule has 100 valence electrons. The maximum Gasteiger partial charge on any atom is 0.149 e. The molecule has 1 N–H and O–H groups in total. The fourth-order valence-electron chi connectivity index (χ4n) is 2.70. The van der Waals surface area contributed by atoms with Gasteiger partial charge in [-0.05, 0) is 24.7 Å². The average Bonchev–Trinajstić information content (AvgIpc) is 2.35. The van der Waals surface area contributed by atoms with E-state index < -0.39 is 0 Å². The molecule has 18 heavy (non-hydrogen) atoms. The Morgan fingerprint density at radius 3 is 2.67 bits per heavy atom. The summed E-state index contributed by atoms with van der Waals surface area (Å²) in [6.07, 6.45) is 6.10. The summed E-state index contributed by atoms with van der Waals surface area (Å²) in [6, 6.07) is 0. The highest BCUT2D eigenvalue weighted by atomic mass is 15.2. The average molecular weight is 248 g/mol. The lowest BCUT2D eigenvalue weighted by atomic mass is 9.92. The minimum Gasteiger partial charge on any atom is -0.369 e. The smallest absolute Gasteiger partial charge is 0.149 e. The van der Waals surface area contributed by atoms with Crippen LogP contribution in [0.3, 0.4) is 0 Å². The SMILES string of the molecule is CCCNc1cncc(N2CC(C)CC(C)C2)n1. The molecule has 2 atom stereocenters. The van der Waals surface area contributed by atoms with Gasteiger partial charge in [0, 0.05) is 19.6 Å². The number of hydrogen-bond acceptors (Lipinski definition) is 4. The Kier molecular flexibility index (Phi) is 4.39. The molecule has 0 spiro atoms. The second-order valence-corrected chi connectivity index (χ2v) is 5.54. The fraction of sp³-hybridized carbons (Fsp3) is 0.714. The van der Waals surface area contributed by atoms with Crippen LogP contribution in [0.2, 0.25) is 0 Å². The molecule has 4 nitrogen and oxygen atoms in total. The van der Waals surface area contributed by atoms with Crippen LogP contribution in [-0.4, -0.2) is 29.6 Å². The predicted octanol–water partition coefficient (Wildman–Crippen LogP) is 2.78. The van der Waals surface area contributed by atoms with E-state index in [9.17, 15) is 0 Å². The number of nitrogens with zero attached hydrogens (tertiary/aromatic N) is 3. The normalized spacial score (nSPS) is 24.1. The highest BCUT2D eigenvalue weighted by molar-refractivity contribution is 5.44. The topological polar surface area (TPSA) is 41.1 Å². The second kappa shape index (κ2) is 6.03. The highest BCUT2D eigenvalue weighted by Crippen LogP contribution is 2.25. The van der Waals surface area contributed by atoms with Crippen LogP contribution in [0.5, 0.6) is 0 Å². The molecular formula is C14H24N4. The standard InChI is InChI=1S/C14H24N4/c1-4-5-16-13-7-15-8-14(17-13)18-9-11(2)6-12(3)10-18/h7-8,11-12H,4-6,9-10H2,1-3H3,(H,16,17). The van der Waals surface area contributed by atoms with Gasteiger partial charge in [-0.1, -0.05) is 20.8 Å². The molecule has 2 rings (SSSR count). The number of aromatic nitrogens is 2. The van der Waals surface area contributed by atoms with Crippen LogP contribution in [0.1, 0.15) is 33.6 Å². The third-order valence-electron chi connectivity index (χ3n) is 3.37. The van der Waals surface area contributed by atoms with E-state index in [4.69, 9.17) is 0 Å². The van der Waals surface area contributed by atoms with Crippen LogP contribution in [0.4, 0.5) is 11.6 Å². The van der Waals surface area contributed by atoms with Crippen molar-refractivity contribution in [3.05, 3.63) is 12.4 Å². The summed E-state index contributed by atoms with van der Waals surface area (Å²) in [7, 11) is 0. The number of piperidine rings is 1. The van der Waals surface area contributed by atoms with Gasteiger partial charge in [-0.3, -0.25) is 4.98 Å². The molecule has 0 radical (unpaired) electrons. The van der Waals surface area contributed by atoms with Crippen molar-refractivity contribution < 1.29 is 0 Å². The van der Waals surface area contributed by atoms with Gasteiger partial charge in [-0.25, -0.2) is 4.98 Å². The van der Waals surface area contributed by atoms with Crippen molar-refractivity contribution in [2.75, 3.05) is 29.9 Å². The maximum absolute atomic E-state index is 4.66. The molecule has 2 heterocycles. The predicted molar refractivity (Wildman–Crippen MR) is 76.0 cm³/mol. The molecule has 0 amide bonds. The lowest BCUT2D eigenvalue weighted by molar-refractivity contribution is 0.355. The minimum atomic E-state index is 0.739. The monoisotopic (exact) mass is 248 g/mol. The van der Waals surface area contributed by atoms with Crippen molar-refractivity contribution >= 4 is 11.6 Å². The Hall–Kier alpha value is -1.32. The van der Waals surface area contributed by atoms with E-state index in [1.165, 1.54) is 6.42 Å². The van der Waals surface area contributed by atoms with E-state index in [-0.39, 0.29) is 0 Å². The molecule has 1 aromatic rings. The zero-order chi connectivity index (χ0) is 13.0. The molecule has 4 heteroatoms. The number of rotatable bonds is 4. The van der Waals surface area contributed by atoms with Crippen LogP contribution in [0, 0.1) is 11.8 Å². The first kappa shape index (κ1) is 13.1. The molecule has 1 aromatic heterocycles. The van der Waals surface area contributed by atoms with Crippen LogP contribution >= 0.6 is 0 Å². The molecule has 1 saturated heterocycles. The molecule has 0 saturated carbocycles. The quantitative estimate of drug-likeness (QED) is 0.889. The van der Waals surface area contributed by atoms with Crippen molar-refractivity contribution in [3.63, 3.8) is 0 Å². The molecule has 0 bridgehead atoms. The van der Waals surface area contributed by atoms with E-state index in [2.05, 4.69) is 41.0 Å². The summed E-state index contributed by atoms with van der Waals surface area (Å²) in [6.45, 7) is 9.92. The summed E-state index contributed by atoms with van der Waals surface area (Å²) in [5, 5.41) is 3.30. The van der Waals surface area contributed by atoms with Gasteiger partial charge < -0.3 is 10.2 Å². The lowest BCUT2D eigenvalue weighted by Gasteiger charge is -2.35. The zero-order valence-corrected chi connectivity index (χ0v) is 11.7. The summed E-state index contributed by atoms with van der Waals surface area (Å²) in [5.41, 5.74) is 0. The van der Waals surface area contributed by atoms with Gasteiger partial charge in [0.25, 0.3) is 0 Å². The Morgan fingerprint density at radius 2 is 2.00 bits per heavy atom. The summed E-state index contributed by atoms with van der Waals surface area (Å²) < 4.78 is 0. The van der Waals surface area contributed by atoms with Crippen molar-refractivity contribution in [1.82, 2.24) is 9.97 Å². The summed E-state index contributed by atoms with van der Waals surface area (Å²) in [4.78, 5) is 11.3. The van der Waals surface area contributed by atoms with Crippen molar-refractivity contribution in [1.29, 1.82) is 0 Å². The van der Waals surface area contributed by atoms with E-state index in [0.29, 0.717) is 0 Å². The van der Waals surface area contributed by atoms with E-state index in [1.54, 1.807) is 6.20 Å². The third kappa shape index (κ3) is 3.34. The number of hydrogen-bond donors (Lipinski definition) is 1. The first-order valence-corrected chi connectivity index (χ1v) is 7.00. The molecular weight excluding hydrogens is 224 g/mol. The highest BCUT2D eigenvalue weighted by Gasteiger charge is 2.22. The summed E-state index contributed by atoms with van der Waals surface area (Å²) >= 11 is 0. The molecule has 1 fully saturated rings. The van der Waals surface area contributed by atoms with Crippen LogP contribution < -0.4 is 10.2 Å². The van der Waals surface area contributed by atoms with Crippen LogP contribution in [0.25, 0.3) is 0 Å². The van der Waals surface area contributed by atoms with Crippen LogP contribution in [-0.2, 0) is 0 Å². The van der Waals surface area contributed by atoms with Gasteiger partial charge in [-0.2, -0.15) is 0 Å². The Bertz CT molecular complexity index is 370. The molecule has 0 aliphatic carbocycles. The minimum absolute atomic E-state index is 0.739. The molecule has 2 unspecified atom stereocenters. The van der Waals surface area contributed by atoms with Gasteiger partial charge in [0.2, 0.25) is 0 Å². The maximum atomic E-state index is 4.66. The molecule has 1 aliphatic heterocycles. The largest absolute Gasteiger partial charge is 0.369 e. The van der Waals surface area contributed by atoms with Gasteiger partial charge in [0.15, 0.2) is 0 Å². The van der Waals surface area contributed by atoms with Gasteiger partial charge >= 0.3 is 0 Å². The van der Waals surface area contributed by atoms with Gasteiger partial charge in [0.05, 0.1) is 12.4 Å². The van der Waals surface area contributed by atoms with Crippen molar-refractivity contribution in [2.45, 2.75) is 33.6 Å². The van der Waals surface area contributed by atoms with Gasteiger partial charge in [0.1, 0.15) is 11.6 Å². The molecule has 0 aromatic carbocycles. The summed E-state index contributed by atoms with van der Waals surface area (Å²) in [5.74, 6) is 3.38. The van der Waals surface area contributed by atoms with E-state index in [1.807, 2.05) is 6.20 Å². The Balaban J connectivity index is 2.07. The lowest BCUT2D eigenvalue weighted by Crippen LogP contribution is -2.39. The third-order valence-corrected chi connectivity index (χ3v) is 3.37. The Morgan fingerprint density at radius 1 is 1.28 bits per heavy atom. The second-order valence-electron chi connectivity index (χ2n) is 5.54. The van der Waals surface area contributed by atoms with Crippen LogP contribution in [0.15, 0.2) is 12.4 Å². The number of nitrogens with one attached hydrogen (secondary N) is 1. The van der Waals surface area contributed by atoms with Crippen molar-refractivity contribution in [3.8, 4) is 0 Å². The number of anilines is 2. The fourth-order valence-corrected chi connectivity index (χ4v) is 2.70. The van der Waals surface area contributed by atoms with E-state index in [0.717, 1.165) is 49.5 Å². The Labute approximate surface area is 110 Å². The van der Waals surface area contributed by atoms with Gasteiger partial charge in [-0.15, -0.1) is 0 Å².